The number of rotatable bonds is 5. The summed E-state index contributed by atoms with van der Waals surface area (Å²) in [6.45, 7) is 0. The first kappa shape index (κ1) is 19.2. The van der Waals surface area contributed by atoms with Gasteiger partial charge in [0.1, 0.15) is 0 Å². The van der Waals surface area contributed by atoms with Gasteiger partial charge in [-0.15, -0.1) is 23.1 Å². The minimum Gasteiger partial charge on any atom is -0.321 e. The maximum Gasteiger partial charge on any atom is 0.276 e. The average molecular weight is 434 g/mol. The third-order valence-corrected chi connectivity index (χ3v) is 8.03. The van der Waals surface area contributed by atoms with E-state index in [4.69, 9.17) is 0 Å². The Hall–Kier alpha value is -2.10. The van der Waals surface area contributed by atoms with E-state index >= 15 is 0 Å². The molecule has 3 aromatic rings. The van der Waals surface area contributed by atoms with E-state index in [0.29, 0.717) is 12.1 Å². The second-order valence-corrected chi connectivity index (χ2v) is 10.6. The number of hydrogen-bond donors (Lipinski definition) is 1. The molecule has 0 spiro atoms. The molecule has 6 nitrogen and oxygen atoms in total. The molecule has 9 heteroatoms. The predicted molar refractivity (Wildman–Crippen MR) is 114 cm³/mol. The molecule has 1 aromatic carbocycles. The highest BCUT2D eigenvalue weighted by molar-refractivity contribution is 7.98. The third kappa shape index (κ3) is 4.01. The number of thiophene rings is 1. The van der Waals surface area contributed by atoms with Crippen molar-refractivity contribution in [3.05, 3.63) is 53.5 Å². The van der Waals surface area contributed by atoms with Crippen LogP contribution in [0.3, 0.4) is 0 Å². The van der Waals surface area contributed by atoms with Crippen LogP contribution >= 0.6 is 23.1 Å². The van der Waals surface area contributed by atoms with E-state index < -0.39 is 9.84 Å². The molecular formula is C19H19N3O3S3. The number of hydrogen-bond acceptors (Lipinski definition) is 6. The first-order valence-electron chi connectivity index (χ1n) is 8.74. The molecule has 28 heavy (non-hydrogen) atoms. The van der Waals surface area contributed by atoms with Gasteiger partial charge in [-0.1, -0.05) is 6.07 Å². The van der Waals surface area contributed by atoms with Crippen molar-refractivity contribution in [1.82, 2.24) is 9.78 Å². The fourth-order valence-electron chi connectivity index (χ4n) is 3.23. The minimum atomic E-state index is -3.06. The Morgan fingerprint density at radius 2 is 2.07 bits per heavy atom. The molecule has 1 aliphatic heterocycles. The Bertz CT molecular complexity index is 1090. The zero-order valence-electron chi connectivity index (χ0n) is 15.2. The third-order valence-electron chi connectivity index (χ3n) is 4.64. The van der Waals surface area contributed by atoms with Gasteiger partial charge in [0.2, 0.25) is 0 Å². The molecule has 2 aromatic heterocycles. The Kier molecular flexibility index (Phi) is 5.31. The van der Waals surface area contributed by atoms with Crippen molar-refractivity contribution in [3.63, 3.8) is 0 Å². The summed E-state index contributed by atoms with van der Waals surface area (Å²) < 4.78 is 25.6. The Balaban J connectivity index is 1.63. The van der Waals surface area contributed by atoms with Gasteiger partial charge in [0.15, 0.2) is 15.5 Å². The van der Waals surface area contributed by atoms with Crippen LogP contribution in [0, 0.1) is 0 Å². The molecule has 4 rings (SSSR count). The number of carbonyl (C=O) groups excluding carboxylic acids is 1. The van der Waals surface area contributed by atoms with Crippen LogP contribution in [0.4, 0.5) is 5.69 Å². The van der Waals surface area contributed by atoms with Gasteiger partial charge in [-0.05, 0) is 54.5 Å². The number of carbonyl (C=O) groups is 1. The van der Waals surface area contributed by atoms with Crippen LogP contribution < -0.4 is 5.32 Å². The van der Waals surface area contributed by atoms with Crippen LogP contribution in [0.15, 0.2) is 52.7 Å². The van der Waals surface area contributed by atoms with E-state index in [1.165, 1.54) is 11.3 Å². The van der Waals surface area contributed by atoms with Crippen molar-refractivity contribution >= 4 is 44.5 Å². The van der Waals surface area contributed by atoms with Crippen molar-refractivity contribution in [1.29, 1.82) is 0 Å². The van der Waals surface area contributed by atoms with E-state index in [1.54, 1.807) is 22.5 Å². The van der Waals surface area contributed by atoms with Crippen LogP contribution in [0.25, 0.3) is 10.6 Å². The summed E-state index contributed by atoms with van der Waals surface area (Å²) in [5, 5.41) is 9.30. The topological polar surface area (TPSA) is 81.1 Å². The maximum absolute atomic E-state index is 12.7. The van der Waals surface area contributed by atoms with E-state index in [0.717, 1.165) is 15.5 Å². The monoisotopic (exact) mass is 433 g/mol. The molecule has 0 saturated carbocycles. The van der Waals surface area contributed by atoms with E-state index in [9.17, 15) is 13.2 Å². The smallest absolute Gasteiger partial charge is 0.276 e. The highest BCUT2D eigenvalue weighted by Crippen LogP contribution is 2.32. The number of nitrogens with zero attached hydrogens (tertiary/aromatic N) is 2. The number of benzene rings is 1. The largest absolute Gasteiger partial charge is 0.321 e. The second kappa shape index (κ2) is 7.73. The molecule has 1 amide bonds. The van der Waals surface area contributed by atoms with Gasteiger partial charge < -0.3 is 5.32 Å². The molecule has 3 heterocycles. The molecule has 0 bridgehead atoms. The first-order valence-corrected chi connectivity index (χ1v) is 12.7. The minimum absolute atomic E-state index is 0.0598. The Morgan fingerprint density at radius 1 is 1.29 bits per heavy atom. The van der Waals surface area contributed by atoms with Crippen LogP contribution in [0.2, 0.25) is 0 Å². The fraction of sp³-hybridized carbons (Fsp3) is 0.263. The highest BCUT2D eigenvalue weighted by Gasteiger charge is 2.32. The molecule has 0 radical (unpaired) electrons. The maximum atomic E-state index is 12.7. The summed E-state index contributed by atoms with van der Waals surface area (Å²) in [6.07, 6.45) is 2.51. The number of nitrogens with one attached hydrogen (secondary N) is 1. The first-order chi connectivity index (χ1) is 13.4. The Labute approximate surface area is 171 Å². The molecule has 0 aliphatic carbocycles. The lowest BCUT2D eigenvalue weighted by Crippen LogP contribution is -2.16. The van der Waals surface area contributed by atoms with Crippen molar-refractivity contribution in [2.24, 2.45) is 0 Å². The molecule has 1 aliphatic rings. The van der Waals surface area contributed by atoms with Gasteiger partial charge >= 0.3 is 0 Å². The molecule has 1 unspecified atom stereocenters. The number of amides is 1. The number of thioether (sulfide) groups is 1. The van der Waals surface area contributed by atoms with Crippen molar-refractivity contribution in [2.75, 3.05) is 23.1 Å². The molecular weight excluding hydrogens is 414 g/mol. The SMILES string of the molecule is CSc1ccc(NC(=O)c2cc(-c3cccs3)n(C3CCS(=O)(=O)C3)n2)cc1. The van der Waals surface area contributed by atoms with Crippen molar-refractivity contribution < 1.29 is 13.2 Å². The Morgan fingerprint density at radius 3 is 2.68 bits per heavy atom. The summed E-state index contributed by atoms with van der Waals surface area (Å²) in [5.41, 5.74) is 1.75. The van der Waals surface area contributed by atoms with E-state index in [1.807, 2.05) is 48.0 Å². The quantitative estimate of drug-likeness (QED) is 0.616. The van der Waals surface area contributed by atoms with Gasteiger partial charge in [0, 0.05) is 10.6 Å². The number of anilines is 1. The van der Waals surface area contributed by atoms with Gasteiger partial charge in [0.05, 0.1) is 28.1 Å². The van der Waals surface area contributed by atoms with E-state index in [-0.39, 0.29) is 29.1 Å². The van der Waals surface area contributed by atoms with Crippen LogP contribution in [0.1, 0.15) is 23.0 Å². The van der Waals surface area contributed by atoms with Crippen LogP contribution in [-0.2, 0) is 9.84 Å². The fourth-order valence-corrected chi connectivity index (χ4v) is 6.06. The zero-order chi connectivity index (χ0) is 19.7. The summed E-state index contributed by atoms with van der Waals surface area (Å²) in [4.78, 5) is 14.8. The second-order valence-electron chi connectivity index (χ2n) is 6.58. The number of aromatic nitrogens is 2. The van der Waals surface area contributed by atoms with Crippen molar-refractivity contribution in [2.45, 2.75) is 17.4 Å². The normalized spacial score (nSPS) is 18.2. The van der Waals surface area contributed by atoms with Crippen molar-refractivity contribution in [3.8, 4) is 10.6 Å². The molecule has 1 atom stereocenters. The number of sulfone groups is 1. The predicted octanol–water partition coefficient (Wildman–Crippen LogP) is 3.95. The van der Waals surface area contributed by atoms with Gasteiger partial charge in [-0.3, -0.25) is 9.48 Å². The molecule has 1 N–H and O–H groups in total. The zero-order valence-corrected chi connectivity index (χ0v) is 17.6. The van der Waals surface area contributed by atoms with E-state index in [2.05, 4.69) is 10.4 Å². The van der Waals surface area contributed by atoms with Gasteiger partial charge in [-0.25, -0.2) is 8.42 Å². The summed E-state index contributed by atoms with van der Waals surface area (Å²) in [6, 6.07) is 13.0. The molecule has 1 saturated heterocycles. The molecule has 1 fully saturated rings. The highest BCUT2D eigenvalue weighted by atomic mass is 32.2. The average Bonchev–Trinajstić information content (AvgIpc) is 3.40. The molecule has 146 valence electrons. The standard InChI is InChI=1S/C19H19N3O3S3/c1-26-15-6-4-13(5-7-15)20-19(23)16-11-17(18-3-2-9-27-18)22(21-16)14-8-10-28(24,25)12-14/h2-7,9,11,14H,8,10,12H2,1H3,(H,20,23). The lowest BCUT2D eigenvalue weighted by molar-refractivity contribution is 0.102. The van der Waals surface area contributed by atoms with Crippen LogP contribution in [-0.4, -0.2) is 41.9 Å². The van der Waals surface area contributed by atoms with Crippen LogP contribution in [0.5, 0.6) is 0 Å². The summed E-state index contributed by atoms with van der Waals surface area (Å²) >= 11 is 3.17. The summed E-state index contributed by atoms with van der Waals surface area (Å²) in [7, 11) is -3.06. The van der Waals surface area contributed by atoms with Gasteiger partial charge in [-0.2, -0.15) is 5.10 Å². The lowest BCUT2D eigenvalue weighted by Gasteiger charge is -2.12. The summed E-state index contributed by atoms with van der Waals surface area (Å²) in [5.74, 6) is -0.0936. The van der Waals surface area contributed by atoms with Gasteiger partial charge in [0.25, 0.3) is 5.91 Å². The lowest BCUT2D eigenvalue weighted by atomic mass is 10.2.